The monoisotopic (exact) mass is 374 g/mol. The summed E-state index contributed by atoms with van der Waals surface area (Å²) in [6.45, 7) is 2.41. The summed E-state index contributed by atoms with van der Waals surface area (Å²) in [7, 11) is 1.51. The van der Waals surface area contributed by atoms with Crippen LogP contribution in [0, 0.1) is 5.82 Å². The molecule has 0 spiro atoms. The van der Waals surface area contributed by atoms with Crippen LogP contribution in [-0.4, -0.2) is 39.4 Å². The first kappa shape index (κ1) is 16.8. The molecule has 2 aromatic heterocycles. The Labute approximate surface area is 154 Å². The normalized spacial score (nSPS) is 16.6. The number of halogens is 2. The van der Waals surface area contributed by atoms with E-state index in [2.05, 4.69) is 15.0 Å². The summed E-state index contributed by atoms with van der Waals surface area (Å²) in [6, 6.07) is 3.07. The molecule has 3 aromatic rings. The van der Waals surface area contributed by atoms with Crippen molar-refractivity contribution in [3.63, 3.8) is 0 Å². The van der Waals surface area contributed by atoms with E-state index in [4.69, 9.17) is 16.3 Å². The minimum Gasteiger partial charge on any atom is -0.494 e. The molecule has 1 amide bonds. The average molecular weight is 375 g/mol. The van der Waals surface area contributed by atoms with Gasteiger partial charge in [0.2, 0.25) is 5.82 Å². The number of benzene rings is 1. The molecule has 0 fully saturated rings. The third-order valence-corrected chi connectivity index (χ3v) is 5.08. The Kier molecular flexibility index (Phi) is 4.03. The smallest absolute Gasteiger partial charge is 0.292 e. The van der Waals surface area contributed by atoms with Gasteiger partial charge in [0.1, 0.15) is 0 Å². The number of carbonyl (C=O) groups is 1. The van der Waals surface area contributed by atoms with Crippen molar-refractivity contribution in [2.75, 3.05) is 13.7 Å². The van der Waals surface area contributed by atoms with Crippen molar-refractivity contribution in [1.82, 2.24) is 19.9 Å². The molecule has 4 rings (SSSR count). The van der Waals surface area contributed by atoms with Gasteiger partial charge in [0, 0.05) is 29.6 Å². The van der Waals surface area contributed by atoms with Gasteiger partial charge in [0.25, 0.3) is 5.91 Å². The fourth-order valence-electron chi connectivity index (χ4n) is 3.47. The molecule has 6 nitrogen and oxygen atoms in total. The zero-order valence-electron chi connectivity index (χ0n) is 14.2. The Morgan fingerprint density at radius 1 is 1.38 bits per heavy atom. The van der Waals surface area contributed by atoms with Crippen molar-refractivity contribution in [1.29, 1.82) is 0 Å². The van der Waals surface area contributed by atoms with Gasteiger partial charge in [-0.15, -0.1) is 0 Å². The number of carbonyl (C=O) groups excluding carboxylic acids is 1. The van der Waals surface area contributed by atoms with Crippen LogP contribution in [0.25, 0.3) is 10.9 Å². The second-order valence-corrected chi connectivity index (χ2v) is 6.58. The molecule has 1 aliphatic heterocycles. The van der Waals surface area contributed by atoms with E-state index in [1.807, 2.05) is 6.92 Å². The number of hydrogen-bond acceptors (Lipinski definition) is 4. The highest BCUT2D eigenvalue weighted by atomic mass is 35.5. The summed E-state index contributed by atoms with van der Waals surface area (Å²) >= 11 is 5.89. The lowest BCUT2D eigenvalue weighted by Gasteiger charge is -2.33. The van der Waals surface area contributed by atoms with Crippen LogP contribution < -0.4 is 4.74 Å². The van der Waals surface area contributed by atoms with E-state index in [0.29, 0.717) is 24.2 Å². The molecule has 1 aliphatic rings. The zero-order valence-corrected chi connectivity index (χ0v) is 15.0. The quantitative estimate of drug-likeness (QED) is 0.745. The Bertz CT molecular complexity index is 1000. The van der Waals surface area contributed by atoms with Crippen LogP contribution in [0.2, 0.25) is 5.02 Å². The molecule has 0 bridgehead atoms. The lowest BCUT2D eigenvalue weighted by atomic mass is 9.97. The second kappa shape index (κ2) is 6.25. The van der Waals surface area contributed by atoms with Crippen LogP contribution in [0.4, 0.5) is 4.39 Å². The number of nitrogens with one attached hydrogen (secondary N) is 1. The number of aromatic nitrogens is 3. The van der Waals surface area contributed by atoms with Gasteiger partial charge in [-0.05, 0) is 13.0 Å². The molecular weight excluding hydrogens is 359 g/mol. The Morgan fingerprint density at radius 2 is 2.12 bits per heavy atom. The topological polar surface area (TPSA) is 71.1 Å². The molecule has 0 radical (unpaired) electrons. The van der Waals surface area contributed by atoms with E-state index in [9.17, 15) is 9.18 Å². The van der Waals surface area contributed by atoms with Crippen LogP contribution in [0.1, 0.15) is 34.8 Å². The fourth-order valence-corrected chi connectivity index (χ4v) is 3.63. The molecule has 0 unspecified atom stereocenters. The molecule has 0 saturated carbocycles. The first-order valence-corrected chi connectivity index (χ1v) is 8.54. The minimum absolute atomic E-state index is 0.0725. The van der Waals surface area contributed by atoms with Gasteiger partial charge in [-0.25, -0.2) is 14.4 Å². The number of ether oxygens (including phenoxy) is 1. The molecule has 0 saturated heterocycles. The van der Waals surface area contributed by atoms with E-state index >= 15 is 0 Å². The molecular formula is C18H16ClFN4O2. The maximum atomic E-state index is 14.3. The first-order valence-electron chi connectivity index (χ1n) is 8.16. The zero-order chi connectivity index (χ0) is 18.4. The highest BCUT2D eigenvalue weighted by molar-refractivity contribution is 6.31. The molecule has 1 atom stereocenters. The highest BCUT2D eigenvalue weighted by Gasteiger charge is 2.32. The number of fused-ring (bicyclic) bond motifs is 3. The van der Waals surface area contributed by atoms with Gasteiger partial charge >= 0.3 is 0 Å². The molecule has 1 N–H and O–H groups in total. The van der Waals surface area contributed by atoms with Crippen molar-refractivity contribution in [2.45, 2.75) is 19.4 Å². The summed E-state index contributed by atoms with van der Waals surface area (Å²) < 4.78 is 19.3. The van der Waals surface area contributed by atoms with Crippen LogP contribution >= 0.6 is 11.6 Å². The minimum atomic E-state index is -0.470. The summed E-state index contributed by atoms with van der Waals surface area (Å²) in [6.07, 6.45) is 3.51. The highest BCUT2D eigenvalue weighted by Crippen LogP contribution is 2.38. The summed E-state index contributed by atoms with van der Waals surface area (Å²) in [5.41, 5.74) is 2.21. The Morgan fingerprint density at radius 3 is 2.81 bits per heavy atom. The van der Waals surface area contributed by atoms with E-state index in [-0.39, 0.29) is 22.8 Å². The van der Waals surface area contributed by atoms with E-state index in [0.717, 1.165) is 16.6 Å². The SMILES string of the molecule is COc1cnc(C(=O)N2CCc3[nH]c4c(F)c(Cl)ccc4c3[C@@H]2C)nc1. The van der Waals surface area contributed by atoms with Crippen LogP contribution in [0.15, 0.2) is 24.5 Å². The molecule has 1 aromatic carbocycles. The first-order chi connectivity index (χ1) is 12.5. The predicted molar refractivity (Wildman–Crippen MR) is 95.0 cm³/mol. The number of aromatic amines is 1. The number of methoxy groups -OCH3 is 1. The molecule has 3 heterocycles. The standard InChI is InChI=1S/C18H16ClFN4O2/c1-9-14-11-3-4-12(19)15(20)16(11)23-13(14)5-6-24(9)18(25)17-21-7-10(26-2)8-22-17/h3-4,7-9,23H,5-6H2,1-2H3/t9-/m0/s1. The van der Waals surface area contributed by atoms with Gasteiger partial charge in [-0.3, -0.25) is 4.79 Å². The van der Waals surface area contributed by atoms with Gasteiger partial charge in [-0.2, -0.15) is 0 Å². The van der Waals surface area contributed by atoms with Crippen LogP contribution in [-0.2, 0) is 6.42 Å². The van der Waals surface area contributed by atoms with Crippen molar-refractivity contribution < 1.29 is 13.9 Å². The van der Waals surface area contributed by atoms with Crippen LogP contribution in [0.3, 0.4) is 0 Å². The predicted octanol–water partition coefficient (Wildman–Crippen LogP) is 3.52. The third kappa shape index (κ3) is 2.50. The van der Waals surface area contributed by atoms with Gasteiger partial charge < -0.3 is 14.6 Å². The van der Waals surface area contributed by atoms with Gasteiger partial charge in [-0.1, -0.05) is 17.7 Å². The maximum Gasteiger partial charge on any atom is 0.292 e. The lowest BCUT2D eigenvalue weighted by molar-refractivity contribution is 0.0665. The van der Waals surface area contributed by atoms with E-state index in [1.165, 1.54) is 25.6 Å². The molecule has 0 aliphatic carbocycles. The largest absolute Gasteiger partial charge is 0.494 e. The van der Waals surface area contributed by atoms with Crippen molar-refractivity contribution >= 4 is 28.4 Å². The third-order valence-electron chi connectivity index (χ3n) is 4.79. The number of hydrogen-bond donors (Lipinski definition) is 1. The number of nitrogens with zero attached hydrogens (tertiary/aromatic N) is 3. The fraction of sp³-hybridized carbons (Fsp3) is 0.278. The summed E-state index contributed by atoms with van der Waals surface area (Å²) in [4.78, 5) is 25.8. The molecule has 26 heavy (non-hydrogen) atoms. The Hall–Kier alpha value is -2.67. The summed E-state index contributed by atoms with van der Waals surface area (Å²) in [5, 5.41) is 0.811. The van der Waals surface area contributed by atoms with Crippen molar-refractivity contribution in [3.05, 3.63) is 52.4 Å². The Balaban J connectivity index is 1.72. The van der Waals surface area contributed by atoms with Gasteiger partial charge in [0.05, 0.1) is 36.1 Å². The lowest BCUT2D eigenvalue weighted by Crippen LogP contribution is -2.39. The van der Waals surface area contributed by atoms with Gasteiger partial charge in [0.15, 0.2) is 11.6 Å². The van der Waals surface area contributed by atoms with E-state index < -0.39 is 5.82 Å². The maximum absolute atomic E-state index is 14.3. The van der Waals surface area contributed by atoms with Crippen LogP contribution in [0.5, 0.6) is 5.75 Å². The van der Waals surface area contributed by atoms with E-state index in [1.54, 1.807) is 11.0 Å². The number of rotatable bonds is 2. The summed E-state index contributed by atoms with van der Waals surface area (Å²) in [5.74, 6) is -0.147. The molecule has 8 heteroatoms. The van der Waals surface area contributed by atoms with Crippen molar-refractivity contribution in [2.24, 2.45) is 0 Å². The molecule has 134 valence electrons. The average Bonchev–Trinajstić information content (AvgIpc) is 3.05. The second-order valence-electron chi connectivity index (χ2n) is 6.17. The number of H-pyrrole nitrogens is 1. The van der Waals surface area contributed by atoms with Crippen molar-refractivity contribution in [3.8, 4) is 5.75 Å². The number of amides is 1.